The van der Waals surface area contributed by atoms with Crippen LogP contribution in [0.25, 0.3) is 0 Å². The Labute approximate surface area is 594 Å². The third kappa shape index (κ3) is 72.2. The van der Waals surface area contributed by atoms with E-state index in [4.69, 9.17) is 37.0 Å². The quantitative estimate of drug-likeness (QED) is 0.0222. The molecule has 19 heteroatoms. The summed E-state index contributed by atoms with van der Waals surface area (Å²) in [5, 5.41) is 10.6. The molecule has 0 bridgehead atoms. The van der Waals surface area contributed by atoms with Crippen molar-refractivity contribution in [1.29, 1.82) is 0 Å². The van der Waals surface area contributed by atoms with Gasteiger partial charge in [-0.1, -0.05) is 350 Å². The van der Waals surface area contributed by atoms with Crippen LogP contribution in [0.5, 0.6) is 0 Å². The molecule has 0 aromatic carbocycles. The van der Waals surface area contributed by atoms with Gasteiger partial charge in [0, 0.05) is 25.7 Å². The Bertz CT molecular complexity index is 1890. The molecule has 0 radical (unpaired) electrons. The Morgan fingerprint density at radius 2 is 0.474 bits per heavy atom. The lowest BCUT2D eigenvalue weighted by Gasteiger charge is -2.21. The molecule has 0 spiro atoms. The first-order chi connectivity index (χ1) is 46.7. The van der Waals surface area contributed by atoms with Gasteiger partial charge in [0.15, 0.2) is 12.2 Å². The normalized spacial score (nSPS) is 14.0. The molecule has 0 aromatic rings. The number of phosphoric ester groups is 2. The number of aliphatic hydroxyl groups is 1. The fraction of sp³-hybridized carbons (Fsp3) is 0.949. The van der Waals surface area contributed by atoms with Crippen molar-refractivity contribution in [2.75, 3.05) is 39.6 Å². The second kappa shape index (κ2) is 68.5. The fourth-order valence-corrected chi connectivity index (χ4v) is 13.5. The van der Waals surface area contributed by atoms with Crippen molar-refractivity contribution in [2.45, 2.75) is 420 Å². The van der Waals surface area contributed by atoms with E-state index in [2.05, 4.69) is 48.5 Å². The highest BCUT2D eigenvalue weighted by molar-refractivity contribution is 7.47. The van der Waals surface area contributed by atoms with Gasteiger partial charge in [-0.15, -0.1) is 0 Å². The highest BCUT2D eigenvalue weighted by atomic mass is 31.2. The van der Waals surface area contributed by atoms with Crippen LogP contribution in [0.15, 0.2) is 0 Å². The van der Waals surface area contributed by atoms with E-state index in [9.17, 15) is 43.2 Å². The number of ether oxygens (including phenoxy) is 4. The fourth-order valence-electron chi connectivity index (χ4n) is 12.0. The Morgan fingerprint density at radius 1 is 0.278 bits per heavy atom. The lowest BCUT2D eigenvalue weighted by molar-refractivity contribution is -0.161. The van der Waals surface area contributed by atoms with Crippen LogP contribution in [0.4, 0.5) is 0 Å². The molecule has 0 saturated heterocycles. The van der Waals surface area contributed by atoms with E-state index in [1.807, 2.05) is 0 Å². The molecular weight excluding hydrogens is 1270 g/mol. The molecule has 17 nitrogen and oxygen atoms in total. The number of carbonyl (C=O) groups is 4. The molecule has 0 fully saturated rings. The van der Waals surface area contributed by atoms with Gasteiger partial charge in [-0.2, -0.15) is 0 Å². The van der Waals surface area contributed by atoms with Crippen LogP contribution in [0.2, 0.25) is 0 Å². The van der Waals surface area contributed by atoms with Crippen molar-refractivity contribution in [2.24, 2.45) is 17.8 Å². The van der Waals surface area contributed by atoms with E-state index < -0.39 is 97.5 Å². The molecule has 5 atom stereocenters. The summed E-state index contributed by atoms with van der Waals surface area (Å²) in [6.45, 7) is 11.9. The number of hydrogen-bond donors (Lipinski definition) is 3. The highest BCUT2D eigenvalue weighted by Gasteiger charge is 2.30. The van der Waals surface area contributed by atoms with E-state index in [-0.39, 0.29) is 25.7 Å². The van der Waals surface area contributed by atoms with Crippen LogP contribution >= 0.6 is 15.6 Å². The number of hydrogen-bond acceptors (Lipinski definition) is 15. The Kier molecular flexibility index (Phi) is 67.1. The summed E-state index contributed by atoms with van der Waals surface area (Å²) < 4.78 is 68.6. The lowest BCUT2D eigenvalue weighted by atomic mass is 10.0. The monoisotopic (exact) mass is 1420 g/mol. The van der Waals surface area contributed by atoms with Crippen LogP contribution in [0.1, 0.15) is 402 Å². The summed E-state index contributed by atoms with van der Waals surface area (Å²) >= 11 is 0. The largest absolute Gasteiger partial charge is 0.472 e. The van der Waals surface area contributed by atoms with Gasteiger partial charge in [0.2, 0.25) is 0 Å². The highest BCUT2D eigenvalue weighted by Crippen LogP contribution is 2.45. The first-order valence-corrected chi connectivity index (χ1v) is 43.3. The minimum absolute atomic E-state index is 0.106. The van der Waals surface area contributed by atoms with Crippen LogP contribution in [0.3, 0.4) is 0 Å². The van der Waals surface area contributed by atoms with E-state index in [0.717, 1.165) is 108 Å². The van der Waals surface area contributed by atoms with E-state index in [1.54, 1.807) is 0 Å². The third-order valence-corrected chi connectivity index (χ3v) is 20.0. The molecule has 3 N–H and O–H groups in total. The molecule has 0 aliphatic carbocycles. The predicted molar refractivity (Wildman–Crippen MR) is 395 cm³/mol. The van der Waals surface area contributed by atoms with Crippen LogP contribution < -0.4 is 0 Å². The van der Waals surface area contributed by atoms with Crippen molar-refractivity contribution in [3.8, 4) is 0 Å². The number of esters is 4. The maximum absolute atomic E-state index is 13.1. The van der Waals surface area contributed by atoms with Crippen molar-refractivity contribution in [1.82, 2.24) is 0 Å². The second-order valence-electron chi connectivity index (χ2n) is 29.5. The molecule has 0 saturated carbocycles. The Hall–Kier alpha value is -1.94. The summed E-state index contributed by atoms with van der Waals surface area (Å²) in [5.41, 5.74) is 0. The van der Waals surface area contributed by atoms with Gasteiger partial charge in [-0.25, -0.2) is 9.13 Å². The van der Waals surface area contributed by atoms with Gasteiger partial charge in [0.1, 0.15) is 19.3 Å². The first kappa shape index (κ1) is 95.1. The molecule has 97 heavy (non-hydrogen) atoms. The number of carbonyl (C=O) groups excluding carboxylic acids is 4. The summed E-state index contributed by atoms with van der Waals surface area (Å²) in [5.74, 6) is 0.185. The van der Waals surface area contributed by atoms with E-state index >= 15 is 0 Å². The minimum atomic E-state index is -4.96. The molecule has 0 aromatic heterocycles. The van der Waals surface area contributed by atoms with Crippen LogP contribution in [-0.2, 0) is 65.4 Å². The van der Waals surface area contributed by atoms with Crippen molar-refractivity contribution >= 4 is 39.5 Å². The van der Waals surface area contributed by atoms with Crippen molar-refractivity contribution in [3.05, 3.63) is 0 Å². The number of rotatable bonds is 76. The topological polar surface area (TPSA) is 237 Å². The molecule has 0 heterocycles. The summed E-state index contributed by atoms with van der Waals surface area (Å²) in [4.78, 5) is 72.9. The Morgan fingerprint density at radius 3 is 0.701 bits per heavy atom. The summed E-state index contributed by atoms with van der Waals surface area (Å²) in [6.07, 6.45) is 55.4. The molecule has 0 rings (SSSR count). The van der Waals surface area contributed by atoms with Gasteiger partial charge in [0.05, 0.1) is 26.4 Å². The van der Waals surface area contributed by atoms with Gasteiger partial charge in [-0.05, 0) is 43.4 Å². The zero-order valence-corrected chi connectivity index (χ0v) is 65.3. The third-order valence-electron chi connectivity index (χ3n) is 18.1. The first-order valence-electron chi connectivity index (χ1n) is 40.3. The number of phosphoric acid groups is 2. The molecular formula is C78H152O17P2. The Balaban J connectivity index is 5.26. The molecule has 2 unspecified atom stereocenters. The van der Waals surface area contributed by atoms with Crippen molar-refractivity contribution < 1.29 is 80.2 Å². The van der Waals surface area contributed by atoms with Crippen LogP contribution in [-0.4, -0.2) is 96.7 Å². The van der Waals surface area contributed by atoms with E-state index in [0.29, 0.717) is 25.7 Å². The smallest absolute Gasteiger partial charge is 0.462 e. The maximum atomic E-state index is 13.1. The number of aliphatic hydroxyl groups excluding tert-OH is 1. The molecule has 0 aliphatic heterocycles. The second-order valence-corrected chi connectivity index (χ2v) is 32.4. The molecule has 0 amide bonds. The summed E-state index contributed by atoms with van der Waals surface area (Å²) in [6, 6.07) is 0. The molecule has 576 valence electrons. The van der Waals surface area contributed by atoms with Gasteiger partial charge in [0.25, 0.3) is 0 Å². The number of unbranched alkanes of at least 4 members (excludes halogenated alkanes) is 44. The average molecular weight is 1420 g/mol. The summed E-state index contributed by atoms with van der Waals surface area (Å²) in [7, 11) is -9.92. The predicted octanol–water partition coefficient (Wildman–Crippen LogP) is 23.0. The van der Waals surface area contributed by atoms with E-state index in [1.165, 1.54) is 212 Å². The maximum Gasteiger partial charge on any atom is 0.472 e. The SMILES string of the molecule is CCCCCCCCCCCCCCCCC(=O)OC[C@H](COP(=O)(O)OC[C@@H](O)COP(=O)(O)OC[C@@H](COC(=O)CCCCCCCCCCCC(C)C)OC(=O)CCCCCCCCCCCCC(C)C)OC(=O)CCCCCCCCCCCCCCCCCC(C)C. The average Bonchev–Trinajstić information content (AvgIpc) is 1.50. The van der Waals surface area contributed by atoms with Crippen LogP contribution in [0, 0.1) is 17.8 Å². The van der Waals surface area contributed by atoms with Crippen molar-refractivity contribution in [3.63, 3.8) is 0 Å². The zero-order chi connectivity index (χ0) is 71.6. The lowest BCUT2D eigenvalue weighted by Crippen LogP contribution is -2.30. The zero-order valence-electron chi connectivity index (χ0n) is 63.5. The standard InChI is InChI=1S/C78H152O17P2/c1-8-9-10-11-12-13-14-15-20-23-31-38-45-52-59-75(80)88-65-73(94-77(82)61-54-47-40-32-24-21-18-16-17-19-22-28-35-42-49-56-69(2)3)67-92-96(84,85)90-63-72(79)64-91-97(86,87)93-68-74(66-89-76(81)60-53-46-39-34-27-30-37-44-51-58-71(6)7)95-78(83)62-55-48-41-33-26-25-29-36-43-50-57-70(4)5/h69-74,79H,8-68H2,1-7H3,(H,84,85)(H,86,87)/t72-,73-,74-/m1/s1. The minimum Gasteiger partial charge on any atom is -0.462 e. The van der Waals surface area contributed by atoms with Gasteiger partial charge in [-0.3, -0.25) is 37.3 Å². The molecule has 0 aliphatic rings. The van der Waals surface area contributed by atoms with Gasteiger partial charge >= 0.3 is 39.5 Å². The van der Waals surface area contributed by atoms with Gasteiger partial charge < -0.3 is 33.8 Å².